The molecule has 1 aliphatic heterocycles. The normalized spacial score (nSPS) is 13.5. The van der Waals surface area contributed by atoms with E-state index in [4.69, 9.17) is 15.5 Å². The molecule has 17 nitrogen and oxygen atoms in total. The number of hydrogen-bond donors (Lipinski definition) is 3. The van der Waals surface area contributed by atoms with E-state index in [9.17, 15) is 14.4 Å². The molecule has 0 unspecified atom stereocenters. The highest BCUT2D eigenvalue weighted by atomic mass is 32.2. The quantitative estimate of drug-likeness (QED) is 0.0921. The monoisotopic (exact) mass is 793 g/mol. The Morgan fingerprint density at radius 1 is 0.860 bits per heavy atom. The van der Waals surface area contributed by atoms with E-state index in [2.05, 4.69) is 35.7 Å². The lowest BCUT2D eigenvalue weighted by molar-refractivity contribution is 0.0994. The van der Waals surface area contributed by atoms with Gasteiger partial charge >= 0.3 is 0 Å². The highest BCUT2D eigenvalue weighted by Gasteiger charge is 2.23. The fourth-order valence-electron chi connectivity index (χ4n) is 6.91. The van der Waals surface area contributed by atoms with Crippen LogP contribution in [0.3, 0.4) is 0 Å². The molecule has 6 aromatic rings. The lowest BCUT2D eigenvalue weighted by atomic mass is 10.1. The van der Waals surface area contributed by atoms with Crippen LogP contribution in [0.1, 0.15) is 63.0 Å². The van der Waals surface area contributed by atoms with Gasteiger partial charge in [-0.05, 0) is 70.5 Å². The topological polar surface area (TPSA) is 198 Å². The molecule has 0 radical (unpaired) electrons. The molecule has 3 amide bonds. The van der Waals surface area contributed by atoms with Gasteiger partial charge in [-0.3, -0.25) is 38.9 Å². The molecule has 0 atom stereocenters. The van der Waals surface area contributed by atoms with Crippen LogP contribution in [0.2, 0.25) is 0 Å². The molecular weight excluding hydrogens is 747 g/mol. The molecule has 1 saturated heterocycles. The summed E-state index contributed by atoms with van der Waals surface area (Å²) >= 11 is 1.97. The van der Waals surface area contributed by atoms with Gasteiger partial charge < -0.3 is 19.9 Å². The van der Waals surface area contributed by atoms with Crippen molar-refractivity contribution in [3.63, 3.8) is 0 Å². The third-order valence-electron chi connectivity index (χ3n) is 9.64. The predicted molar refractivity (Wildman–Crippen MR) is 220 cm³/mol. The molecule has 18 heteroatoms. The molecule has 57 heavy (non-hydrogen) atoms. The largest absolute Gasteiger partial charge is 0.491 e. The first-order valence-electron chi connectivity index (χ1n) is 19.1. The van der Waals surface area contributed by atoms with Gasteiger partial charge in [-0.15, -0.1) is 0 Å². The number of thioether (sulfide) groups is 1. The van der Waals surface area contributed by atoms with E-state index in [1.807, 2.05) is 66.8 Å². The summed E-state index contributed by atoms with van der Waals surface area (Å²) in [5.41, 5.74) is 10.5. The minimum Gasteiger partial charge on any atom is -0.491 e. The fraction of sp³-hybridized carbons (Fsp3) is 0.385. The van der Waals surface area contributed by atoms with Gasteiger partial charge in [0, 0.05) is 69.1 Å². The summed E-state index contributed by atoms with van der Waals surface area (Å²) in [6, 6.07) is 10.3. The number of allylic oxidation sites excluding steroid dienone is 2. The number of ether oxygens (including phenoxy) is 1. The number of amides is 3. The smallest absolute Gasteiger partial charge is 0.276 e. The highest BCUT2D eigenvalue weighted by molar-refractivity contribution is 7.99. The molecule has 0 aliphatic carbocycles. The number of pyridine rings is 1. The lowest BCUT2D eigenvalue weighted by Crippen LogP contribution is -2.33. The van der Waals surface area contributed by atoms with E-state index in [0.29, 0.717) is 77.2 Å². The number of primary amides is 1. The third-order valence-corrected chi connectivity index (χ3v) is 10.6. The van der Waals surface area contributed by atoms with Crippen LogP contribution in [-0.4, -0.2) is 104 Å². The molecule has 1 fully saturated rings. The summed E-state index contributed by atoms with van der Waals surface area (Å²) in [5, 5.41) is 14.8. The van der Waals surface area contributed by atoms with E-state index in [1.165, 1.54) is 0 Å². The Labute approximate surface area is 333 Å². The maximum atomic E-state index is 13.7. The Morgan fingerprint density at radius 2 is 1.47 bits per heavy atom. The van der Waals surface area contributed by atoms with Crippen molar-refractivity contribution in [2.24, 2.45) is 5.73 Å². The van der Waals surface area contributed by atoms with Crippen molar-refractivity contribution >= 4 is 63.6 Å². The molecule has 1 aliphatic rings. The van der Waals surface area contributed by atoms with E-state index in [-0.39, 0.29) is 29.9 Å². The van der Waals surface area contributed by atoms with Crippen molar-refractivity contribution in [3.05, 3.63) is 83.1 Å². The number of nitrogens with one attached hydrogen (secondary N) is 2. The minimum absolute atomic E-state index is 0.245. The summed E-state index contributed by atoms with van der Waals surface area (Å²) in [6.45, 7) is 12.5. The number of anilines is 2. The summed E-state index contributed by atoms with van der Waals surface area (Å²) in [4.78, 5) is 56.1. The number of imidazole rings is 2. The summed E-state index contributed by atoms with van der Waals surface area (Å²) in [5.74, 6) is 1.93. The van der Waals surface area contributed by atoms with E-state index >= 15 is 0 Å². The first-order valence-corrected chi connectivity index (χ1v) is 20.2. The first-order chi connectivity index (χ1) is 27.6. The van der Waals surface area contributed by atoms with Gasteiger partial charge in [0.15, 0.2) is 5.65 Å². The highest BCUT2D eigenvalue weighted by Crippen LogP contribution is 2.32. The number of benzene rings is 1. The van der Waals surface area contributed by atoms with Crippen LogP contribution >= 0.6 is 11.8 Å². The van der Waals surface area contributed by atoms with Gasteiger partial charge in [0.2, 0.25) is 17.8 Å². The summed E-state index contributed by atoms with van der Waals surface area (Å²) in [7, 11) is 0. The zero-order chi connectivity index (χ0) is 40.1. The SMILES string of the molecule is CCn1nc(C)cc1C(=O)Nc1nc2cccnc2n1C/C=C/Cn1c(NC(=O)c2cc(C)nn2CC)nc2cc(C(N)=O)cc(OCCCN3CCSCC3)c21. The van der Waals surface area contributed by atoms with Crippen LogP contribution in [0, 0.1) is 13.8 Å². The van der Waals surface area contributed by atoms with Crippen molar-refractivity contribution < 1.29 is 19.1 Å². The maximum absolute atomic E-state index is 13.7. The second kappa shape index (κ2) is 17.4. The van der Waals surface area contributed by atoms with E-state index < -0.39 is 5.91 Å². The average molecular weight is 794 g/mol. The number of carbonyl (C=O) groups excluding carboxylic acids is 3. The van der Waals surface area contributed by atoms with E-state index in [1.54, 1.807) is 45.9 Å². The lowest BCUT2D eigenvalue weighted by Gasteiger charge is -2.25. The second-order valence-corrected chi connectivity index (χ2v) is 14.9. The van der Waals surface area contributed by atoms with Crippen molar-refractivity contribution in [2.45, 2.75) is 60.3 Å². The van der Waals surface area contributed by atoms with Crippen LogP contribution in [0.4, 0.5) is 11.9 Å². The van der Waals surface area contributed by atoms with Crippen molar-refractivity contribution in [2.75, 3.05) is 48.4 Å². The van der Waals surface area contributed by atoms with Gasteiger partial charge in [-0.2, -0.15) is 22.0 Å². The van der Waals surface area contributed by atoms with Crippen molar-refractivity contribution in [3.8, 4) is 5.75 Å². The zero-order valence-electron chi connectivity index (χ0n) is 32.6. The van der Waals surface area contributed by atoms with Gasteiger partial charge in [-0.1, -0.05) is 12.2 Å². The molecule has 298 valence electrons. The Bertz CT molecular complexity index is 2450. The number of fused-ring (bicyclic) bond motifs is 2. The van der Waals surface area contributed by atoms with Crippen LogP contribution in [0.5, 0.6) is 5.75 Å². The average Bonchev–Trinajstić information content (AvgIpc) is 3.97. The third kappa shape index (κ3) is 8.71. The number of hydrogen-bond acceptors (Lipinski definition) is 11. The molecule has 1 aromatic carbocycles. The Hall–Kier alpha value is -6.01. The molecule has 7 rings (SSSR count). The van der Waals surface area contributed by atoms with E-state index in [0.717, 1.165) is 43.3 Å². The van der Waals surface area contributed by atoms with Gasteiger partial charge in [0.1, 0.15) is 28.2 Å². The number of aromatic nitrogens is 9. The molecule has 4 N–H and O–H groups in total. The van der Waals surface area contributed by atoms with Crippen LogP contribution in [-0.2, 0) is 26.2 Å². The molecule has 5 aromatic heterocycles. The standard InChI is InChI=1S/C39H47N13O4S/c1-5-51-30(21-25(3)46-51)36(54)44-38-43-29-23-27(34(40)53)24-32(56-18-10-13-48-16-19-57-20-17-48)33(29)49(38)14-7-8-15-50-35-28(11-9-12-41-35)42-39(50)45-37(55)31-22-26(4)47-52(31)6-2/h7-9,11-12,21-24H,5-6,10,13-20H2,1-4H3,(H2,40,53)(H,42,45,55)(H,43,44,54)/b8-7+. The Balaban J connectivity index is 1.20. The van der Waals surface area contributed by atoms with Gasteiger partial charge in [0.05, 0.1) is 23.5 Å². The predicted octanol–water partition coefficient (Wildman–Crippen LogP) is 4.51. The molecule has 0 spiro atoms. The van der Waals surface area contributed by atoms with Crippen LogP contribution in [0.25, 0.3) is 22.2 Å². The second-order valence-electron chi connectivity index (χ2n) is 13.7. The zero-order valence-corrected chi connectivity index (χ0v) is 33.4. The van der Waals surface area contributed by atoms with Crippen molar-refractivity contribution in [1.82, 2.24) is 48.5 Å². The fourth-order valence-corrected chi connectivity index (χ4v) is 7.89. The van der Waals surface area contributed by atoms with Crippen molar-refractivity contribution in [1.29, 1.82) is 0 Å². The van der Waals surface area contributed by atoms with Gasteiger partial charge in [0.25, 0.3) is 11.8 Å². The molecular formula is C39H47N13O4S. The molecule has 0 saturated carbocycles. The first kappa shape index (κ1) is 39.2. The molecule has 0 bridgehead atoms. The number of rotatable bonds is 16. The van der Waals surface area contributed by atoms with Crippen LogP contribution < -0.4 is 21.1 Å². The summed E-state index contributed by atoms with van der Waals surface area (Å²) in [6.07, 6.45) is 6.32. The number of nitrogens with two attached hydrogens (primary N) is 1. The Morgan fingerprint density at radius 3 is 2.11 bits per heavy atom. The molecule has 6 heterocycles. The maximum Gasteiger partial charge on any atom is 0.276 e. The van der Waals surface area contributed by atoms with Gasteiger partial charge in [-0.25, -0.2) is 15.0 Å². The summed E-state index contributed by atoms with van der Waals surface area (Å²) < 4.78 is 13.3. The minimum atomic E-state index is -0.617. The Kier molecular flexibility index (Phi) is 12.0. The van der Waals surface area contributed by atoms with Crippen LogP contribution in [0.15, 0.2) is 54.7 Å². The number of nitrogens with zero attached hydrogens (tertiary/aromatic N) is 10. The number of aryl methyl sites for hydroxylation is 4. The number of carbonyl (C=O) groups is 3.